The van der Waals surface area contributed by atoms with Gasteiger partial charge in [-0.05, 0) is 61.9 Å². The predicted octanol–water partition coefficient (Wildman–Crippen LogP) is 3.17. The molecule has 1 aliphatic heterocycles. The number of rotatable bonds is 7. The van der Waals surface area contributed by atoms with Gasteiger partial charge in [0.25, 0.3) is 0 Å². The molecule has 4 rings (SSSR count). The Kier molecular flexibility index (Phi) is 5.63. The number of ether oxygens (including phenoxy) is 1. The molecule has 1 N–H and O–H groups in total. The van der Waals surface area contributed by atoms with Crippen LogP contribution >= 0.6 is 0 Å². The number of carbonyl (C=O) groups excluding carboxylic acids is 1. The van der Waals surface area contributed by atoms with E-state index in [2.05, 4.69) is 20.3 Å². The average Bonchev–Trinajstić information content (AvgIpc) is 3.37. The SMILES string of the molecule is O=C(CN1CCCC1Cn1cccn1)Nc1ccc(Oc2cccnc2)cc1. The van der Waals surface area contributed by atoms with Crippen molar-refractivity contribution in [1.29, 1.82) is 0 Å². The van der Waals surface area contributed by atoms with Crippen molar-refractivity contribution in [3.63, 3.8) is 0 Å². The highest BCUT2D eigenvalue weighted by Crippen LogP contribution is 2.22. The average molecular weight is 377 g/mol. The van der Waals surface area contributed by atoms with Crippen molar-refractivity contribution in [3.05, 3.63) is 67.3 Å². The van der Waals surface area contributed by atoms with Gasteiger partial charge in [-0.15, -0.1) is 0 Å². The van der Waals surface area contributed by atoms with Crippen LogP contribution in [0, 0.1) is 0 Å². The summed E-state index contributed by atoms with van der Waals surface area (Å²) in [5, 5.41) is 7.24. The topological polar surface area (TPSA) is 72.3 Å². The number of hydrogen-bond acceptors (Lipinski definition) is 5. The Bertz CT molecular complexity index is 881. The molecule has 28 heavy (non-hydrogen) atoms. The van der Waals surface area contributed by atoms with E-state index in [0.29, 0.717) is 24.1 Å². The quantitative estimate of drug-likeness (QED) is 0.685. The molecule has 1 unspecified atom stereocenters. The predicted molar refractivity (Wildman–Crippen MR) is 106 cm³/mol. The number of pyridine rings is 1. The van der Waals surface area contributed by atoms with Crippen molar-refractivity contribution in [2.75, 3.05) is 18.4 Å². The normalized spacial score (nSPS) is 16.8. The molecule has 0 bridgehead atoms. The molecule has 0 radical (unpaired) electrons. The molecule has 0 spiro atoms. The molecule has 3 aromatic rings. The first-order chi connectivity index (χ1) is 13.8. The Labute approximate surface area is 164 Å². The van der Waals surface area contributed by atoms with Gasteiger partial charge in [0.15, 0.2) is 0 Å². The van der Waals surface area contributed by atoms with Crippen molar-refractivity contribution in [3.8, 4) is 11.5 Å². The van der Waals surface area contributed by atoms with E-state index in [-0.39, 0.29) is 5.91 Å². The molecule has 1 amide bonds. The van der Waals surface area contributed by atoms with Crippen molar-refractivity contribution < 1.29 is 9.53 Å². The molecular weight excluding hydrogens is 354 g/mol. The first kappa shape index (κ1) is 18.2. The van der Waals surface area contributed by atoms with Crippen LogP contribution in [0.5, 0.6) is 11.5 Å². The molecule has 3 heterocycles. The molecule has 1 fully saturated rings. The summed E-state index contributed by atoms with van der Waals surface area (Å²) < 4.78 is 7.65. The summed E-state index contributed by atoms with van der Waals surface area (Å²) in [4.78, 5) is 18.7. The summed E-state index contributed by atoms with van der Waals surface area (Å²) in [6.07, 6.45) is 9.31. The van der Waals surface area contributed by atoms with E-state index in [1.165, 1.54) is 0 Å². The van der Waals surface area contributed by atoms with Crippen molar-refractivity contribution >= 4 is 11.6 Å². The molecule has 7 heteroatoms. The second-order valence-electron chi connectivity index (χ2n) is 6.86. The first-order valence-corrected chi connectivity index (χ1v) is 9.45. The van der Waals surface area contributed by atoms with Crippen molar-refractivity contribution in [2.45, 2.75) is 25.4 Å². The highest BCUT2D eigenvalue weighted by molar-refractivity contribution is 5.92. The summed E-state index contributed by atoms with van der Waals surface area (Å²) >= 11 is 0. The number of amides is 1. The number of benzene rings is 1. The lowest BCUT2D eigenvalue weighted by molar-refractivity contribution is -0.117. The Morgan fingerprint density at radius 2 is 2.04 bits per heavy atom. The maximum atomic E-state index is 12.5. The molecule has 2 aromatic heterocycles. The van der Waals surface area contributed by atoms with E-state index < -0.39 is 0 Å². The van der Waals surface area contributed by atoms with E-state index >= 15 is 0 Å². The fourth-order valence-corrected chi connectivity index (χ4v) is 3.47. The molecule has 1 aliphatic rings. The van der Waals surface area contributed by atoms with Crippen LogP contribution < -0.4 is 10.1 Å². The molecule has 1 aromatic carbocycles. The van der Waals surface area contributed by atoms with Crippen molar-refractivity contribution in [1.82, 2.24) is 19.7 Å². The lowest BCUT2D eigenvalue weighted by Crippen LogP contribution is -2.39. The van der Waals surface area contributed by atoms with Gasteiger partial charge in [0, 0.05) is 30.3 Å². The minimum atomic E-state index is -0.00621. The number of hydrogen-bond donors (Lipinski definition) is 1. The summed E-state index contributed by atoms with van der Waals surface area (Å²) in [6, 6.07) is 13.3. The van der Waals surface area contributed by atoms with E-state index in [9.17, 15) is 4.79 Å². The second-order valence-corrected chi connectivity index (χ2v) is 6.86. The van der Waals surface area contributed by atoms with Gasteiger partial charge in [-0.1, -0.05) is 0 Å². The van der Waals surface area contributed by atoms with Gasteiger partial charge < -0.3 is 10.1 Å². The van der Waals surface area contributed by atoms with Crippen LogP contribution in [0.4, 0.5) is 5.69 Å². The number of nitrogens with one attached hydrogen (secondary N) is 1. The molecule has 7 nitrogen and oxygen atoms in total. The number of likely N-dealkylation sites (tertiary alicyclic amines) is 1. The Morgan fingerprint density at radius 3 is 2.79 bits per heavy atom. The molecule has 0 aliphatic carbocycles. The van der Waals surface area contributed by atoms with Crippen LogP contribution in [0.25, 0.3) is 0 Å². The maximum absolute atomic E-state index is 12.5. The van der Waals surface area contributed by atoms with Gasteiger partial charge in [-0.25, -0.2) is 0 Å². The zero-order valence-corrected chi connectivity index (χ0v) is 15.6. The molecule has 144 valence electrons. The van der Waals surface area contributed by atoms with Gasteiger partial charge >= 0.3 is 0 Å². The highest BCUT2D eigenvalue weighted by Gasteiger charge is 2.26. The zero-order valence-electron chi connectivity index (χ0n) is 15.6. The fraction of sp³-hybridized carbons (Fsp3) is 0.286. The number of carbonyl (C=O) groups is 1. The van der Waals surface area contributed by atoms with E-state index in [4.69, 9.17) is 4.74 Å². The summed E-state index contributed by atoms with van der Waals surface area (Å²) in [5.74, 6) is 1.37. The molecule has 1 atom stereocenters. The van der Waals surface area contributed by atoms with Gasteiger partial charge in [-0.3, -0.25) is 19.4 Å². The van der Waals surface area contributed by atoms with Gasteiger partial charge in [0.2, 0.25) is 5.91 Å². The molecule has 1 saturated heterocycles. The fourth-order valence-electron chi connectivity index (χ4n) is 3.47. The van der Waals surface area contributed by atoms with E-state index in [1.807, 2.05) is 53.3 Å². The minimum Gasteiger partial charge on any atom is -0.456 e. The molecular formula is C21H23N5O2. The third-order valence-corrected chi connectivity index (χ3v) is 4.81. The summed E-state index contributed by atoms with van der Waals surface area (Å²) in [6.45, 7) is 2.15. The zero-order chi connectivity index (χ0) is 19.2. The smallest absolute Gasteiger partial charge is 0.238 e. The third kappa shape index (κ3) is 4.75. The molecule has 0 saturated carbocycles. The highest BCUT2D eigenvalue weighted by atomic mass is 16.5. The van der Waals surface area contributed by atoms with Gasteiger partial charge in [0.05, 0.1) is 19.3 Å². The van der Waals surface area contributed by atoms with Gasteiger partial charge in [-0.2, -0.15) is 5.10 Å². The lowest BCUT2D eigenvalue weighted by atomic mass is 10.2. The number of anilines is 1. The van der Waals surface area contributed by atoms with Crippen LogP contribution in [0.1, 0.15) is 12.8 Å². The van der Waals surface area contributed by atoms with Crippen LogP contribution in [0.3, 0.4) is 0 Å². The maximum Gasteiger partial charge on any atom is 0.238 e. The minimum absolute atomic E-state index is 0.00621. The van der Waals surface area contributed by atoms with Crippen molar-refractivity contribution in [2.24, 2.45) is 0 Å². The Balaban J connectivity index is 1.29. The lowest BCUT2D eigenvalue weighted by Gasteiger charge is -2.23. The Morgan fingerprint density at radius 1 is 1.14 bits per heavy atom. The van der Waals surface area contributed by atoms with Gasteiger partial charge in [0.1, 0.15) is 11.5 Å². The van der Waals surface area contributed by atoms with Crippen LogP contribution in [-0.2, 0) is 11.3 Å². The van der Waals surface area contributed by atoms with E-state index in [0.717, 1.165) is 31.6 Å². The van der Waals surface area contributed by atoms with Crippen LogP contribution in [-0.4, -0.2) is 44.7 Å². The number of nitrogens with zero attached hydrogens (tertiary/aromatic N) is 4. The number of aromatic nitrogens is 3. The largest absolute Gasteiger partial charge is 0.456 e. The van der Waals surface area contributed by atoms with Crippen LogP contribution in [0.15, 0.2) is 67.3 Å². The standard InChI is InChI=1S/C21H23N5O2/c27-21(16-25-12-2-4-18(25)15-26-13-3-11-23-26)24-17-6-8-19(9-7-17)28-20-5-1-10-22-14-20/h1,3,5-11,13-14,18H,2,4,12,15-16H2,(H,24,27). The van der Waals surface area contributed by atoms with Crippen LogP contribution in [0.2, 0.25) is 0 Å². The Hall–Kier alpha value is -3.19. The summed E-state index contributed by atoms with van der Waals surface area (Å²) in [5.41, 5.74) is 0.756. The first-order valence-electron chi connectivity index (χ1n) is 9.45. The third-order valence-electron chi connectivity index (χ3n) is 4.81. The monoisotopic (exact) mass is 377 g/mol. The second kappa shape index (κ2) is 8.67. The van der Waals surface area contributed by atoms with E-state index in [1.54, 1.807) is 18.6 Å². The summed E-state index contributed by atoms with van der Waals surface area (Å²) in [7, 11) is 0.